The molecule has 102 valence electrons. The lowest BCUT2D eigenvalue weighted by molar-refractivity contribution is -0.121. The summed E-state index contributed by atoms with van der Waals surface area (Å²) in [4.78, 5) is 14.8. The van der Waals surface area contributed by atoms with Gasteiger partial charge in [0.1, 0.15) is 0 Å². The van der Waals surface area contributed by atoms with Gasteiger partial charge in [-0.2, -0.15) is 0 Å². The molecule has 0 bridgehead atoms. The molecule has 0 aliphatic rings. The molecule has 0 saturated heterocycles. The number of halogens is 1. The van der Waals surface area contributed by atoms with Crippen molar-refractivity contribution >= 4 is 45.1 Å². The first-order valence-corrected chi connectivity index (χ1v) is 7.35. The molecule has 0 unspecified atom stereocenters. The third kappa shape index (κ3) is 3.45. The minimum Gasteiger partial charge on any atom is -0.354 e. The Morgan fingerprint density at radius 2 is 2.26 bits per heavy atom. The van der Waals surface area contributed by atoms with Gasteiger partial charge in [0.2, 0.25) is 5.91 Å². The molecular formula is C13H16BrN3OS. The third-order valence-electron chi connectivity index (χ3n) is 2.75. The Hall–Kier alpha value is -1.14. The molecule has 1 aromatic carbocycles. The van der Waals surface area contributed by atoms with Gasteiger partial charge in [-0.1, -0.05) is 15.9 Å². The van der Waals surface area contributed by atoms with Gasteiger partial charge in [0.05, 0.1) is 11.0 Å². The molecule has 0 radical (unpaired) electrons. The van der Waals surface area contributed by atoms with E-state index in [0.29, 0.717) is 17.7 Å². The number of hydrogen-bond donors (Lipinski definition) is 2. The van der Waals surface area contributed by atoms with Crippen molar-refractivity contribution in [1.82, 2.24) is 14.9 Å². The number of imidazole rings is 1. The maximum absolute atomic E-state index is 11.7. The first-order chi connectivity index (χ1) is 8.97. The van der Waals surface area contributed by atoms with E-state index in [1.165, 1.54) is 0 Å². The molecule has 2 N–H and O–H groups in total. The van der Waals surface area contributed by atoms with E-state index in [2.05, 4.69) is 26.2 Å². The first kappa shape index (κ1) is 14.3. The summed E-state index contributed by atoms with van der Waals surface area (Å²) in [6.45, 7) is 4.48. The normalized spacial score (nSPS) is 11.2. The standard InChI is InChI=1S/C13H16BrN3OS/c1-8(2)15-12(18)5-6-17-11-7-9(14)3-4-10(11)16-13(17)19/h3-4,7-8H,5-6H2,1-2H3,(H,15,18)(H,16,19). The van der Waals surface area contributed by atoms with E-state index in [4.69, 9.17) is 12.2 Å². The van der Waals surface area contributed by atoms with Gasteiger partial charge in [-0.15, -0.1) is 0 Å². The molecule has 0 fully saturated rings. The minimum absolute atomic E-state index is 0.0428. The number of rotatable bonds is 4. The minimum atomic E-state index is 0.0428. The quantitative estimate of drug-likeness (QED) is 0.837. The van der Waals surface area contributed by atoms with Crippen LogP contribution in [0.1, 0.15) is 20.3 Å². The summed E-state index contributed by atoms with van der Waals surface area (Å²) in [5, 5.41) is 2.88. The van der Waals surface area contributed by atoms with Crippen molar-refractivity contribution in [2.24, 2.45) is 0 Å². The van der Waals surface area contributed by atoms with Gasteiger partial charge < -0.3 is 14.9 Å². The van der Waals surface area contributed by atoms with Gasteiger partial charge in [0, 0.05) is 23.5 Å². The van der Waals surface area contributed by atoms with Gasteiger partial charge in [0.15, 0.2) is 4.77 Å². The van der Waals surface area contributed by atoms with Crippen LogP contribution in [0.25, 0.3) is 11.0 Å². The highest BCUT2D eigenvalue weighted by molar-refractivity contribution is 9.10. The summed E-state index contributed by atoms with van der Waals surface area (Å²) in [6.07, 6.45) is 0.423. The van der Waals surface area contributed by atoms with Crippen molar-refractivity contribution in [3.8, 4) is 0 Å². The topological polar surface area (TPSA) is 49.8 Å². The van der Waals surface area contributed by atoms with Crippen LogP contribution in [0.15, 0.2) is 22.7 Å². The number of aryl methyl sites for hydroxylation is 1. The monoisotopic (exact) mass is 341 g/mol. The van der Waals surface area contributed by atoms with E-state index >= 15 is 0 Å². The molecule has 4 nitrogen and oxygen atoms in total. The Bertz CT molecular complexity index is 659. The number of nitrogens with one attached hydrogen (secondary N) is 2. The van der Waals surface area contributed by atoms with Crippen molar-refractivity contribution in [3.05, 3.63) is 27.4 Å². The fourth-order valence-electron chi connectivity index (χ4n) is 1.96. The Balaban J connectivity index is 2.21. The van der Waals surface area contributed by atoms with Gasteiger partial charge in [-0.05, 0) is 44.3 Å². The van der Waals surface area contributed by atoms with Crippen molar-refractivity contribution < 1.29 is 4.79 Å². The molecule has 0 saturated carbocycles. The second-order valence-electron chi connectivity index (χ2n) is 4.72. The zero-order valence-corrected chi connectivity index (χ0v) is 13.3. The summed E-state index contributed by atoms with van der Waals surface area (Å²) < 4.78 is 3.59. The molecule has 2 aromatic rings. The fraction of sp³-hybridized carbons (Fsp3) is 0.385. The Morgan fingerprint density at radius 1 is 1.53 bits per heavy atom. The number of carbonyl (C=O) groups excluding carboxylic acids is 1. The SMILES string of the molecule is CC(C)NC(=O)CCn1c(=S)[nH]c2ccc(Br)cc21. The maximum Gasteiger partial charge on any atom is 0.221 e. The summed E-state index contributed by atoms with van der Waals surface area (Å²) in [5.41, 5.74) is 1.99. The molecule has 1 heterocycles. The van der Waals surface area contributed by atoms with E-state index in [-0.39, 0.29) is 11.9 Å². The number of aromatic nitrogens is 2. The molecule has 1 amide bonds. The molecule has 0 aliphatic carbocycles. The third-order valence-corrected chi connectivity index (χ3v) is 3.57. The fourth-order valence-corrected chi connectivity index (χ4v) is 2.60. The average Bonchev–Trinajstić information content (AvgIpc) is 2.61. The van der Waals surface area contributed by atoms with Gasteiger partial charge in [0.25, 0.3) is 0 Å². The molecular weight excluding hydrogens is 326 g/mol. The van der Waals surface area contributed by atoms with Crippen LogP contribution in [-0.4, -0.2) is 21.5 Å². The highest BCUT2D eigenvalue weighted by atomic mass is 79.9. The Morgan fingerprint density at radius 3 is 2.95 bits per heavy atom. The van der Waals surface area contributed by atoms with Crippen LogP contribution in [0, 0.1) is 4.77 Å². The summed E-state index contributed by atoms with van der Waals surface area (Å²) in [7, 11) is 0. The number of hydrogen-bond acceptors (Lipinski definition) is 2. The smallest absolute Gasteiger partial charge is 0.221 e. The first-order valence-electron chi connectivity index (χ1n) is 6.15. The molecule has 0 atom stereocenters. The zero-order valence-electron chi connectivity index (χ0n) is 10.9. The van der Waals surface area contributed by atoms with Crippen molar-refractivity contribution in [2.45, 2.75) is 32.9 Å². The van der Waals surface area contributed by atoms with Crippen LogP contribution < -0.4 is 5.32 Å². The van der Waals surface area contributed by atoms with Crippen LogP contribution in [-0.2, 0) is 11.3 Å². The number of aromatic amines is 1. The van der Waals surface area contributed by atoms with E-state index in [1.54, 1.807) is 0 Å². The largest absolute Gasteiger partial charge is 0.354 e. The summed E-state index contributed by atoms with van der Waals surface area (Å²) >= 11 is 8.74. The second-order valence-corrected chi connectivity index (χ2v) is 6.02. The van der Waals surface area contributed by atoms with E-state index in [0.717, 1.165) is 15.5 Å². The van der Waals surface area contributed by atoms with Crippen LogP contribution >= 0.6 is 28.1 Å². The van der Waals surface area contributed by atoms with Crippen LogP contribution in [0.3, 0.4) is 0 Å². The lowest BCUT2D eigenvalue weighted by Gasteiger charge is -2.09. The van der Waals surface area contributed by atoms with Crippen LogP contribution in [0.5, 0.6) is 0 Å². The molecule has 6 heteroatoms. The maximum atomic E-state index is 11.7. The van der Waals surface area contributed by atoms with E-state index in [9.17, 15) is 4.79 Å². The van der Waals surface area contributed by atoms with Gasteiger partial charge >= 0.3 is 0 Å². The molecule has 1 aromatic heterocycles. The second kappa shape index (κ2) is 5.88. The van der Waals surface area contributed by atoms with Crippen LogP contribution in [0.4, 0.5) is 0 Å². The van der Waals surface area contributed by atoms with E-state index < -0.39 is 0 Å². The highest BCUT2D eigenvalue weighted by Gasteiger charge is 2.08. The number of nitrogens with zero attached hydrogens (tertiary/aromatic N) is 1. The summed E-state index contributed by atoms with van der Waals surface area (Å²) in [5.74, 6) is 0.0428. The molecule has 19 heavy (non-hydrogen) atoms. The van der Waals surface area contributed by atoms with Crippen molar-refractivity contribution in [3.63, 3.8) is 0 Å². The van der Waals surface area contributed by atoms with Crippen molar-refractivity contribution in [1.29, 1.82) is 0 Å². The molecule has 0 spiro atoms. The average molecular weight is 342 g/mol. The Kier molecular flexibility index (Phi) is 4.42. The lowest BCUT2D eigenvalue weighted by Crippen LogP contribution is -2.30. The van der Waals surface area contributed by atoms with Gasteiger partial charge in [-0.25, -0.2) is 0 Å². The lowest BCUT2D eigenvalue weighted by atomic mass is 10.3. The predicted molar refractivity (Wildman–Crippen MR) is 82.7 cm³/mol. The Labute approximate surface area is 125 Å². The van der Waals surface area contributed by atoms with Crippen molar-refractivity contribution in [2.75, 3.05) is 0 Å². The van der Waals surface area contributed by atoms with Gasteiger partial charge in [-0.3, -0.25) is 4.79 Å². The number of fused-ring (bicyclic) bond motifs is 1. The summed E-state index contributed by atoms with van der Waals surface area (Å²) in [6, 6.07) is 6.10. The number of benzene rings is 1. The van der Waals surface area contributed by atoms with E-state index in [1.807, 2.05) is 36.6 Å². The molecule has 2 rings (SSSR count). The number of H-pyrrole nitrogens is 1. The van der Waals surface area contributed by atoms with Crippen LogP contribution in [0.2, 0.25) is 0 Å². The number of amides is 1. The highest BCUT2D eigenvalue weighted by Crippen LogP contribution is 2.20. The molecule has 0 aliphatic heterocycles. The zero-order chi connectivity index (χ0) is 14.0. The predicted octanol–water partition coefficient (Wildman–Crippen LogP) is 3.38. The number of carbonyl (C=O) groups is 1.